The molecule has 0 saturated heterocycles. The summed E-state index contributed by atoms with van der Waals surface area (Å²) in [5.41, 5.74) is 4.76. The van der Waals surface area contributed by atoms with E-state index in [1.807, 2.05) is 36.4 Å². The Morgan fingerprint density at radius 3 is 2.15 bits per heavy atom. The maximum Gasteiger partial charge on any atom is 0.245 e. The van der Waals surface area contributed by atoms with Gasteiger partial charge < -0.3 is 4.98 Å². The highest BCUT2D eigenvalue weighted by Crippen LogP contribution is 2.35. The summed E-state index contributed by atoms with van der Waals surface area (Å²) in [5.74, 6) is 0. The Bertz CT molecular complexity index is 1210. The molecule has 1 aliphatic heterocycles. The van der Waals surface area contributed by atoms with E-state index in [4.69, 9.17) is 0 Å². The minimum atomic E-state index is -3.69. The van der Waals surface area contributed by atoms with E-state index in [1.165, 1.54) is 6.20 Å². The highest BCUT2D eigenvalue weighted by Gasteiger charge is 2.31. The molecule has 2 aromatic carbocycles. The zero-order valence-electron chi connectivity index (χ0n) is 14.5. The number of fused-ring (bicyclic) bond motifs is 4. The van der Waals surface area contributed by atoms with E-state index in [1.54, 1.807) is 22.6 Å². The van der Waals surface area contributed by atoms with Crippen molar-refractivity contribution in [2.24, 2.45) is 0 Å². The van der Waals surface area contributed by atoms with Gasteiger partial charge in [0.15, 0.2) is 0 Å². The average Bonchev–Trinajstić information content (AvgIpc) is 3.05. The largest absolute Gasteiger partial charge is 0.345 e. The lowest BCUT2D eigenvalue weighted by atomic mass is 9.97. The zero-order chi connectivity index (χ0) is 18.4. The zero-order valence-corrected chi connectivity index (χ0v) is 15.3. The number of benzene rings is 2. The second-order valence-electron chi connectivity index (χ2n) is 6.64. The van der Waals surface area contributed by atoms with Crippen LogP contribution in [0.1, 0.15) is 11.1 Å². The predicted molar refractivity (Wildman–Crippen MR) is 104 cm³/mol. The number of hydrogen-bond acceptors (Lipinski definition) is 3. The normalized spacial score (nSPS) is 14.5. The molecule has 0 atom stereocenters. The molecular weight excluding hydrogens is 358 g/mol. The van der Waals surface area contributed by atoms with Crippen molar-refractivity contribution in [2.75, 3.05) is 0 Å². The molecule has 0 aliphatic carbocycles. The summed E-state index contributed by atoms with van der Waals surface area (Å²) < 4.78 is 28.6. The van der Waals surface area contributed by atoms with Gasteiger partial charge in [-0.05, 0) is 34.4 Å². The van der Waals surface area contributed by atoms with Gasteiger partial charge >= 0.3 is 0 Å². The molecule has 0 amide bonds. The van der Waals surface area contributed by atoms with Gasteiger partial charge in [-0.3, -0.25) is 0 Å². The van der Waals surface area contributed by atoms with Crippen molar-refractivity contribution in [1.82, 2.24) is 14.3 Å². The smallest absolute Gasteiger partial charge is 0.245 e. The van der Waals surface area contributed by atoms with E-state index in [2.05, 4.69) is 22.1 Å². The lowest BCUT2D eigenvalue weighted by molar-refractivity contribution is 0.405. The summed E-state index contributed by atoms with van der Waals surface area (Å²) in [5, 5.41) is 0.614. The Kier molecular flexibility index (Phi) is 3.63. The summed E-state index contributed by atoms with van der Waals surface area (Å²) in [6.07, 6.45) is 3.18. The fourth-order valence-electron chi connectivity index (χ4n) is 3.73. The van der Waals surface area contributed by atoms with Crippen molar-refractivity contribution < 1.29 is 8.42 Å². The molecular formula is C21H17N3O2S. The molecule has 0 fully saturated rings. The fourth-order valence-corrected chi connectivity index (χ4v) is 5.28. The standard InChI is InChI=1S/C21H17N3O2S/c25-27(26,20-12-23-21-19(20)10-5-11-22-21)24-13-15-6-1-3-8-17(15)18-9-4-2-7-16(18)14-24/h1-12H,13-14H2,(H,22,23). The fraction of sp³-hybridized carbons (Fsp3) is 0.0952. The van der Waals surface area contributed by atoms with Crippen molar-refractivity contribution in [2.45, 2.75) is 18.0 Å². The molecule has 6 heteroatoms. The highest BCUT2D eigenvalue weighted by atomic mass is 32.2. The van der Waals surface area contributed by atoms with Gasteiger partial charge in [0.05, 0.1) is 0 Å². The minimum absolute atomic E-state index is 0.266. The quantitative estimate of drug-likeness (QED) is 0.577. The van der Waals surface area contributed by atoms with Crippen LogP contribution in [0.3, 0.4) is 0 Å². The number of pyridine rings is 1. The molecule has 1 aliphatic rings. The number of aromatic amines is 1. The highest BCUT2D eigenvalue weighted by molar-refractivity contribution is 7.89. The van der Waals surface area contributed by atoms with E-state index in [0.29, 0.717) is 24.1 Å². The summed E-state index contributed by atoms with van der Waals surface area (Å²) in [7, 11) is -3.69. The van der Waals surface area contributed by atoms with Gasteiger partial charge in [-0.15, -0.1) is 0 Å². The number of nitrogens with one attached hydrogen (secondary N) is 1. The molecule has 5 rings (SSSR count). The second-order valence-corrected chi connectivity index (χ2v) is 8.55. The van der Waals surface area contributed by atoms with Crippen LogP contribution in [0.15, 0.2) is 78.0 Å². The maximum atomic E-state index is 13.5. The van der Waals surface area contributed by atoms with Crippen LogP contribution in [0.5, 0.6) is 0 Å². The molecule has 2 aromatic heterocycles. The van der Waals surface area contributed by atoms with Crippen LogP contribution < -0.4 is 0 Å². The van der Waals surface area contributed by atoms with E-state index < -0.39 is 10.0 Å². The van der Waals surface area contributed by atoms with E-state index in [0.717, 1.165) is 22.3 Å². The number of aromatic nitrogens is 2. The number of sulfonamides is 1. The SMILES string of the molecule is O=S(=O)(c1c[nH]c2ncccc12)N1Cc2ccccc2-c2ccccc2C1. The maximum absolute atomic E-state index is 13.5. The first-order chi connectivity index (χ1) is 13.1. The molecule has 4 aromatic rings. The van der Waals surface area contributed by atoms with Gasteiger partial charge in [0.2, 0.25) is 10.0 Å². The van der Waals surface area contributed by atoms with Gasteiger partial charge in [0.1, 0.15) is 10.5 Å². The molecule has 0 unspecified atom stereocenters. The third kappa shape index (κ3) is 2.57. The third-order valence-electron chi connectivity index (χ3n) is 5.05. The Balaban J connectivity index is 1.68. The number of hydrogen-bond donors (Lipinski definition) is 1. The second kappa shape index (κ2) is 6.04. The van der Waals surface area contributed by atoms with Crippen LogP contribution in [0.25, 0.3) is 22.2 Å². The molecule has 0 radical (unpaired) electrons. The lowest BCUT2D eigenvalue weighted by Gasteiger charge is -2.20. The monoisotopic (exact) mass is 375 g/mol. The molecule has 1 N–H and O–H groups in total. The van der Waals surface area contributed by atoms with Crippen molar-refractivity contribution in [1.29, 1.82) is 0 Å². The van der Waals surface area contributed by atoms with Gasteiger partial charge in [-0.25, -0.2) is 13.4 Å². The van der Waals surface area contributed by atoms with Crippen LogP contribution in [0.2, 0.25) is 0 Å². The molecule has 3 heterocycles. The van der Waals surface area contributed by atoms with Crippen LogP contribution >= 0.6 is 0 Å². The van der Waals surface area contributed by atoms with Crippen LogP contribution in [0.4, 0.5) is 0 Å². The van der Waals surface area contributed by atoms with Crippen LogP contribution in [-0.4, -0.2) is 22.7 Å². The number of rotatable bonds is 2. The summed E-state index contributed by atoms with van der Waals surface area (Å²) in [4.78, 5) is 7.45. The first-order valence-electron chi connectivity index (χ1n) is 8.73. The molecule has 0 spiro atoms. The van der Waals surface area contributed by atoms with Gasteiger partial charge in [-0.1, -0.05) is 48.5 Å². The van der Waals surface area contributed by atoms with Gasteiger partial charge in [0.25, 0.3) is 0 Å². The van der Waals surface area contributed by atoms with Crippen LogP contribution in [-0.2, 0) is 23.1 Å². The van der Waals surface area contributed by atoms with Crippen molar-refractivity contribution in [3.05, 3.63) is 84.2 Å². The number of nitrogens with zero attached hydrogens (tertiary/aromatic N) is 2. The van der Waals surface area contributed by atoms with Gasteiger partial charge in [0, 0.05) is 30.9 Å². The molecule has 5 nitrogen and oxygen atoms in total. The Labute approximate surface area is 157 Å². The number of H-pyrrole nitrogens is 1. The first-order valence-corrected chi connectivity index (χ1v) is 10.2. The van der Waals surface area contributed by atoms with E-state index >= 15 is 0 Å². The molecule has 134 valence electrons. The minimum Gasteiger partial charge on any atom is -0.345 e. The van der Waals surface area contributed by atoms with Gasteiger partial charge in [-0.2, -0.15) is 4.31 Å². The topological polar surface area (TPSA) is 66.1 Å². The Hall–Kier alpha value is -2.96. The predicted octanol–water partition coefficient (Wildman–Crippen LogP) is 3.93. The summed E-state index contributed by atoms with van der Waals surface area (Å²) in [6.45, 7) is 0.667. The summed E-state index contributed by atoms with van der Waals surface area (Å²) >= 11 is 0. The van der Waals surface area contributed by atoms with Crippen LogP contribution in [0, 0.1) is 0 Å². The summed E-state index contributed by atoms with van der Waals surface area (Å²) in [6, 6.07) is 19.5. The Morgan fingerprint density at radius 1 is 0.852 bits per heavy atom. The van der Waals surface area contributed by atoms with Crippen molar-refractivity contribution >= 4 is 21.1 Å². The molecule has 27 heavy (non-hydrogen) atoms. The average molecular weight is 375 g/mol. The molecule has 0 bridgehead atoms. The van der Waals surface area contributed by atoms with E-state index in [-0.39, 0.29) is 4.90 Å². The van der Waals surface area contributed by atoms with Crippen molar-refractivity contribution in [3.8, 4) is 11.1 Å². The van der Waals surface area contributed by atoms with E-state index in [9.17, 15) is 8.42 Å². The Morgan fingerprint density at radius 2 is 1.48 bits per heavy atom. The third-order valence-corrected chi connectivity index (χ3v) is 6.88. The van der Waals surface area contributed by atoms with Crippen molar-refractivity contribution in [3.63, 3.8) is 0 Å². The molecule has 0 saturated carbocycles. The first kappa shape index (κ1) is 16.2. The lowest BCUT2D eigenvalue weighted by Crippen LogP contribution is -2.29.